The minimum atomic E-state index is -1.66. The van der Waals surface area contributed by atoms with Crippen LogP contribution in [-0.4, -0.2) is 39.0 Å². The molecule has 0 amide bonds. The molecular weight excluding hydrogens is 496 g/mol. The molecule has 200 valence electrons. The van der Waals surface area contributed by atoms with Crippen molar-refractivity contribution >= 4 is 23.9 Å². The van der Waals surface area contributed by atoms with E-state index in [0.717, 1.165) is 11.1 Å². The molecule has 3 aromatic carbocycles. The fourth-order valence-electron chi connectivity index (χ4n) is 5.27. The number of fused-ring (bicyclic) bond motifs is 4. The number of esters is 1. The van der Waals surface area contributed by atoms with Crippen LogP contribution in [-0.2, 0) is 9.53 Å². The van der Waals surface area contributed by atoms with Gasteiger partial charge >= 0.3 is 5.97 Å². The SMILES string of the molecule is O=C1CCC[C@@H]2C[C@@H](C[C@](O)(/C=C/c3ccccc3)O2)c2c(cc(O)c(C(=O)/C=C/c3ccccc3)c2O)O1. The molecule has 5 rings (SSSR count). The van der Waals surface area contributed by atoms with Gasteiger partial charge in [0.25, 0.3) is 0 Å². The first-order valence-electron chi connectivity index (χ1n) is 13.0. The number of carbonyl (C=O) groups excluding carboxylic acids is 2. The Balaban J connectivity index is 1.54. The van der Waals surface area contributed by atoms with Crippen LogP contribution in [0, 0.1) is 0 Å². The van der Waals surface area contributed by atoms with Gasteiger partial charge in [-0.25, -0.2) is 0 Å². The molecule has 2 bridgehead atoms. The van der Waals surface area contributed by atoms with Crippen LogP contribution in [0.2, 0.25) is 0 Å². The number of allylic oxidation sites excluding steroid dienone is 1. The van der Waals surface area contributed by atoms with Crippen molar-refractivity contribution in [3.63, 3.8) is 0 Å². The molecule has 3 aromatic rings. The highest BCUT2D eigenvalue weighted by molar-refractivity contribution is 6.11. The van der Waals surface area contributed by atoms with Crippen LogP contribution < -0.4 is 4.74 Å². The molecular formula is C32H30O7. The Labute approximate surface area is 226 Å². The smallest absolute Gasteiger partial charge is 0.311 e. The van der Waals surface area contributed by atoms with Crippen molar-refractivity contribution in [1.29, 1.82) is 0 Å². The van der Waals surface area contributed by atoms with Gasteiger partial charge in [0.2, 0.25) is 0 Å². The molecule has 7 heteroatoms. The summed E-state index contributed by atoms with van der Waals surface area (Å²) in [4.78, 5) is 25.7. The number of aliphatic hydroxyl groups is 1. The standard InChI is InChI=1S/C32H30O7/c33-25(15-14-21-8-3-1-4-9-21)30-26(34)19-27-29(31(30)36)23-18-24(12-7-13-28(35)38-27)39-32(37,20-23)17-16-22-10-5-2-6-11-22/h1-6,8-11,14-17,19,23-24,34,36-37H,7,12-13,18,20H2/b15-14+,17-16+/t23-,24+,32-/m0/s1. The molecule has 0 unspecified atom stereocenters. The molecule has 7 nitrogen and oxygen atoms in total. The number of ether oxygens (including phenoxy) is 2. The van der Waals surface area contributed by atoms with Crippen LogP contribution in [0.5, 0.6) is 17.2 Å². The Bertz CT molecular complexity index is 1410. The van der Waals surface area contributed by atoms with E-state index < -0.39 is 41.1 Å². The molecule has 0 saturated carbocycles. The maximum atomic E-state index is 13.1. The second-order valence-electron chi connectivity index (χ2n) is 9.97. The highest BCUT2D eigenvalue weighted by Gasteiger charge is 2.42. The van der Waals surface area contributed by atoms with E-state index in [4.69, 9.17) is 9.47 Å². The van der Waals surface area contributed by atoms with Gasteiger partial charge < -0.3 is 24.8 Å². The number of aromatic hydroxyl groups is 2. The zero-order chi connectivity index (χ0) is 27.4. The third kappa shape index (κ3) is 6.11. The normalized spacial score (nSPS) is 23.4. The molecule has 1 saturated heterocycles. The van der Waals surface area contributed by atoms with E-state index in [1.54, 1.807) is 18.2 Å². The molecule has 3 N–H and O–H groups in total. The number of hydrogen-bond donors (Lipinski definition) is 3. The molecule has 2 heterocycles. The second-order valence-corrected chi connectivity index (χ2v) is 9.97. The predicted molar refractivity (Wildman–Crippen MR) is 146 cm³/mol. The Hall–Kier alpha value is -4.20. The lowest BCUT2D eigenvalue weighted by Gasteiger charge is -2.41. The van der Waals surface area contributed by atoms with E-state index in [9.17, 15) is 24.9 Å². The molecule has 2 aliphatic rings. The van der Waals surface area contributed by atoms with Crippen molar-refractivity contribution in [3.8, 4) is 17.2 Å². The zero-order valence-corrected chi connectivity index (χ0v) is 21.3. The lowest BCUT2D eigenvalue weighted by molar-refractivity contribution is -0.227. The number of rotatable bonds is 5. The molecule has 0 aliphatic carbocycles. The Morgan fingerprint density at radius 3 is 2.33 bits per heavy atom. The van der Waals surface area contributed by atoms with E-state index >= 15 is 0 Å². The van der Waals surface area contributed by atoms with Crippen molar-refractivity contribution in [1.82, 2.24) is 0 Å². The van der Waals surface area contributed by atoms with Crippen LogP contribution in [0.4, 0.5) is 0 Å². The Morgan fingerprint density at radius 2 is 1.64 bits per heavy atom. The maximum Gasteiger partial charge on any atom is 0.311 e. The van der Waals surface area contributed by atoms with E-state index in [0.29, 0.717) is 19.3 Å². The second kappa shape index (κ2) is 11.3. The number of phenolic OH excluding ortho intramolecular Hbond substituents is 2. The van der Waals surface area contributed by atoms with Crippen molar-refractivity contribution in [2.75, 3.05) is 0 Å². The van der Waals surface area contributed by atoms with Crippen molar-refractivity contribution in [3.05, 3.63) is 101 Å². The van der Waals surface area contributed by atoms with Crippen LogP contribution in [0.15, 0.2) is 78.9 Å². The summed E-state index contributed by atoms with van der Waals surface area (Å²) >= 11 is 0. The predicted octanol–water partition coefficient (Wildman–Crippen LogP) is 5.75. The Morgan fingerprint density at radius 1 is 0.974 bits per heavy atom. The number of carbonyl (C=O) groups is 2. The summed E-state index contributed by atoms with van der Waals surface area (Å²) in [5.41, 5.74) is 1.56. The number of hydrogen-bond acceptors (Lipinski definition) is 7. The van der Waals surface area contributed by atoms with Gasteiger partial charge in [-0.1, -0.05) is 72.8 Å². The van der Waals surface area contributed by atoms with Gasteiger partial charge in [-0.05, 0) is 48.5 Å². The van der Waals surface area contributed by atoms with Gasteiger partial charge in [0.15, 0.2) is 11.6 Å². The summed E-state index contributed by atoms with van der Waals surface area (Å²) in [5.74, 6) is -4.31. The molecule has 39 heavy (non-hydrogen) atoms. The van der Waals surface area contributed by atoms with E-state index in [1.165, 1.54) is 12.1 Å². The fraction of sp³-hybridized carbons (Fsp3) is 0.250. The highest BCUT2D eigenvalue weighted by Crippen LogP contribution is 2.50. The monoisotopic (exact) mass is 526 g/mol. The minimum Gasteiger partial charge on any atom is -0.507 e. The lowest BCUT2D eigenvalue weighted by atomic mass is 9.80. The van der Waals surface area contributed by atoms with Crippen molar-refractivity contribution < 1.29 is 34.4 Å². The van der Waals surface area contributed by atoms with E-state index in [1.807, 2.05) is 60.7 Å². The van der Waals surface area contributed by atoms with Crippen LogP contribution >= 0.6 is 0 Å². The number of phenols is 2. The van der Waals surface area contributed by atoms with Gasteiger partial charge in [-0.3, -0.25) is 9.59 Å². The number of benzene rings is 3. The van der Waals surface area contributed by atoms with Gasteiger partial charge in [0.05, 0.1) is 6.10 Å². The lowest BCUT2D eigenvalue weighted by Crippen LogP contribution is -2.42. The molecule has 0 radical (unpaired) electrons. The van der Waals surface area contributed by atoms with E-state index in [-0.39, 0.29) is 29.7 Å². The van der Waals surface area contributed by atoms with Crippen molar-refractivity contribution in [2.24, 2.45) is 0 Å². The topological polar surface area (TPSA) is 113 Å². The first-order valence-corrected chi connectivity index (χ1v) is 13.0. The quantitative estimate of drug-likeness (QED) is 0.168. The molecule has 0 aromatic heterocycles. The fourth-order valence-corrected chi connectivity index (χ4v) is 5.27. The molecule has 0 spiro atoms. The summed E-state index contributed by atoms with van der Waals surface area (Å²) in [7, 11) is 0. The van der Waals surface area contributed by atoms with Crippen LogP contribution in [0.3, 0.4) is 0 Å². The average Bonchev–Trinajstić information content (AvgIpc) is 2.91. The van der Waals surface area contributed by atoms with E-state index in [2.05, 4.69) is 0 Å². The van der Waals surface area contributed by atoms with Crippen LogP contribution in [0.1, 0.15) is 65.1 Å². The van der Waals surface area contributed by atoms with Gasteiger partial charge in [-0.2, -0.15) is 0 Å². The summed E-state index contributed by atoms with van der Waals surface area (Å²) in [6.45, 7) is 0. The van der Waals surface area contributed by atoms with Gasteiger partial charge in [0.1, 0.15) is 22.8 Å². The zero-order valence-electron chi connectivity index (χ0n) is 21.3. The summed E-state index contributed by atoms with van der Waals surface area (Å²) in [6, 6.07) is 19.9. The molecule has 1 fully saturated rings. The number of ketones is 1. The van der Waals surface area contributed by atoms with Crippen molar-refractivity contribution in [2.45, 2.75) is 49.9 Å². The first kappa shape index (κ1) is 26.4. The first-order chi connectivity index (χ1) is 18.8. The summed E-state index contributed by atoms with van der Waals surface area (Å²) < 4.78 is 11.6. The molecule has 2 aliphatic heterocycles. The average molecular weight is 527 g/mol. The molecule has 3 atom stereocenters. The minimum absolute atomic E-state index is 0.0273. The third-order valence-corrected chi connectivity index (χ3v) is 7.09. The van der Waals surface area contributed by atoms with Crippen LogP contribution in [0.25, 0.3) is 12.2 Å². The maximum absolute atomic E-state index is 13.1. The van der Waals surface area contributed by atoms with Gasteiger partial charge in [-0.15, -0.1) is 0 Å². The summed E-state index contributed by atoms with van der Waals surface area (Å²) in [6.07, 6.45) is 7.38. The highest BCUT2D eigenvalue weighted by atomic mass is 16.6. The summed E-state index contributed by atoms with van der Waals surface area (Å²) in [5, 5.41) is 33.6. The third-order valence-electron chi connectivity index (χ3n) is 7.09. The Kier molecular flexibility index (Phi) is 7.63. The van der Waals surface area contributed by atoms with Gasteiger partial charge in [0, 0.05) is 24.5 Å². The largest absolute Gasteiger partial charge is 0.507 e.